The minimum Gasteiger partial charge on any atom is -0.495 e. The van der Waals surface area contributed by atoms with Gasteiger partial charge in [-0.3, -0.25) is 10.0 Å². The van der Waals surface area contributed by atoms with Gasteiger partial charge in [-0.15, -0.1) is 0 Å². The van der Waals surface area contributed by atoms with Gasteiger partial charge in [0, 0.05) is 12.7 Å². The van der Waals surface area contributed by atoms with Crippen molar-refractivity contribution in [3.8, 4) is 11.4 Å². The summed E-state index contributed by atoms with van der Waals surface area (Å²) in [4.78, 5) is 9.26. The quantitative estimate of drug-likeness (QED) is 0.584. The Balaban J connectivity index is 1.45. The van der Waals surface area contributed by atoms with Crippen molar-refractivity contribution in [3.63, 3.8) is 0 Å². The zero-order valence-corrected chi connectivity index (χ0v) is 18.5. The van der Waals surface area contributed by atoms with Crippen LogP contribution in [0.2, 0.25) is 0 Å². The molecule has 1 saturated heterocycles. The Bertz CT molecular complexity index is 1200. The van der Waals surface area contributed by atoms with Crippen LogP contribution in [0.3, 0.4) is 0 Å². The molecule has 164 valence electrons. The van der Waals surface area contributed by atoms with Crippen LogP contribution in [0.4, 0.5) is 10.1 Å². The van der Waals surface area contributed by atoms with E-state index in [4.69, 9.17) is 9.73 Å². The summed E-state index contributed by atoms with van der Waals surface area (Å²) in [6.45, 7) is 4.92. The predicted molar refractivity (Wildman–Crippen MR) is 125 cm³/mol. The zero-order valence-electron chi connectivity index (χ0n) is 18.5. The number of hydrazine groups is 1. The number of halogens is 1. The molecule has 1 unspecified atom stereocenters. The normalized spacial score (nSPS) is 19.3. The summed E-state index contributed by atoms with van der Waals surface area (Å²) in [5.74, 6) is 1.55. The third kappa shape index (κ3) is 3.64. The van der Waals surface area contributed by atoms with E-state index in [2.05, 4.69) is 40.1 Å². The van der Waals surface area contributed by atoms with E-state index in [1.807, 2.05) is 35.9 Å². The number of anilines is 1. The molecule has 6 nitrogen and oxygen atoms in total. The lowest BCUT2D eigenvalue weighted by Gasteiger charge is -2.37. The van der Waals surface area contributed by atoms with Gasteiger partial charge in [-0.05, 0) is 80.3 Å². The van der Waals surface area contributed by atoms with E-state index in [0.717, 1.165) is 53.6 Å². The number of ether oxygens (including phenoxy) is 1. The van der Waals surface area contributed by atoms with Gasteiger partial charge in [0.2, 0.25) is 0 Å². The van der Waals surface area contributed by atoms with E-state index >= 15 is 0 Å². The molecule has 0 saturated carbocycles. The number of piperidine rings is 1. The van der Waals surface area contributed by atoms with Gasteiger partial charge >= 0.3 is 0 Å². The van der Waals surface area contributed by atoms with Crippen molar-refractivity contribution in [2.75, 3.05) is 18.7 Å². The number of amidine groups is 1. The van der Waals surface area contributed by atoms with Crippen LogP contribution in [-0.2, 0) is 0 Å². The number of nitrogens with zero attached hydrogens (tertiary/aromatic N) is 5. The average molecular weight is 432 g/mol. The first-order valence-corrected chi connectivity index (χ1v) is 10.8. The van der Waals surface area contributed by atoms with E-state index < -0.39 is 0 Å². The second-order valence-corrected chi connectivity index (χ2v) is 8.16. The topological polar surface area (TPSA) is 45.9 Å². The fraction of sp³-hybridized carbons (Fsp3) is 0.280. The van der Waals surface area contributed by atoms with E-state index in [1.165, 1.54) is 17.7 Å². The first-order chi connectivity index (χ1) is 15.5. The van der Waals surface area contributed by atoms with Gasteiger partial charge in [0.1, 0.15) is 23.6 Å². The Labute approximate surface area is 187 Å². The Morgan fingerprint density at radius 3 is 2.69 bits per heavy atom. The van der Waals surface area contributed by atoms with Crippen molar-refractivity contribution < 1.29 is 9.13 Å². The van der Waals surface area contributed by atoms with Gasteiger partial charge in [-0.2, -0.15) is 0 Å². The van der Waals surface area contributed by atoms with Crippen molar-refractivity contribution >= 4 is 17.6 Å². The molecule has 3 aromatic rings. The molecule has 5 rings (SSSR count). The fourth-order valence-corrected chi connectivity index (χ4v) is 4.43. The number of hydrogen-bond donors (Lipinski definition) is 0. The third-order valence-electron chi connectivity index (χ3n) is 5.90. The third-order valence-corrected chi connectivity index (χ3v) is 5.90. The molecule has 0 aliphatic carbocycles. The van der Waals surface area contributed by atoms with Gasteiger partial charge in [-0.1, -0.05) is 6.07 Å². The number of aromatic nitrogens is 2. The highest BCUT2D eigenvalue weighted by atomic mass is 19.1. The van der Waals surface area contributed by atoms with E-state index in [0.29, 0.717) is 0 Å². The highest BCUT2D eigenvalue weighted by Gasteiger charge is 2.35. The molecule has 2 aliphatic heterocycles. The minimum atomic E-state index is -0.232. The first kappa shape index (κ1) is 20.3. The van der Waals surface area contributed by atoms with Crippen molar-refractivity contribution in [2.45, 2.75) is 32.9 Å². The lowest BCUT2D eigenvalue weighted by Crippen LogP contribution is -2.47. The number of methoxy groups -OCH3 is 1. The number of rotatable bonds is 4. The summed E-state index contributed by atoms with van der Waals surface area (Å²) in [5, 5.41) is 4.36. The number of benzene rings is 2. The number of fused-ring (bicyclic) bond motifs is 1. The number of hydrogen-bond acceptors (Lipinski definition) is 5. The summed E-state index contributed by atoms with van der Waals surface area (Å²) in [7, 11) is 1.69. The van der Waals surface area contributed by atoms with Crippen LogP contribution in [0.15, 0.2) is 65.6 Å². The van der Waals surface area contributed by atoms with E-state index in [1.54, 1.807) is 13.4 Å². The van der Waals surface area contributed by atoms with Crippen LogP contribution in [0.25, 0.3) is 11.8 Å². The maximum atomic E-state index is 13.4. The molecule has 0 radical (unpaired) electrons. The molecule has 0 spiro atoms. The molecule has 1 atom stereocenters. The smallest absolute Gasteiger partial charge is 0.147 e. The van der Waals surface area contributed by atoms with Gasteiger partial charge in [0.15, 0.2) is 0 Å². The van der Waals surface area contributed by atoms with Crippen molar-refractivity contribution in [1.82, 2.24) is 14.6 Å². The summed E-state index contributed by atoms with van der Waals surface area (Å²) < 4.78 is 21.1. The Kier molecular flexibility index (Phi) is 5.17. The maximum Gasteiger partial charge on any atom is 0.147 e. The predicted octanol–water partition coefficient (Wildman–Crippen LogP) is 4.99. The molecule has 32 heavy (non-hydrogen) atoms. The Hall–Kier alpha value is -3.61. The number of imidazole rings is 1. The molecular weight excluding hydrogens is 405 g/mol. The van der Waals surface area contributed by atoms with Gasteiger partial charge < -0.3 is 9.30 Å². The van der Waals surface area contributed by atoms with Crippen LogP contribution in [0.1, 0.15) is 31.0 Å². The SMILES string of the molecule is COc1cc(C=C2CCCN3C2=NC(C)N3c2ccc(F)cc2)ccc1-n1cnc(C)c1. The molecular formula is C25H26FN5O. The summed E-state index contributed by atoms with van der Waals surface area (Å²) in [6, 6.07) is 12.8. The second-order valence-electron chi connectivity index (χ2n) is 8.16. The van der Waals surface area contributed by atoms with Gasteiger partial charge in [-0.25, -0.2) is 14.4 Å². The molecule has 7 heteroatoms. The molecule has 1 aromatic heterocycles. The fourth-order valence-electron chi connectivity index (χ4n) is 4.43. The van der Waals surface area contributed by atoms with Crippen LogP contribution < -0.4 is 9.75 Å². The van der Waals surface area contributed by atoms with E-state index in [-0.39, 0.29) is 12.0 Å². The molecule has 2 aromatic carbocycles. The average Bonchev–Trinajstić information content (AvgIpc) is 3.37. The lowest BCUT2D eigenvalue weighted by atomic mass is 10.0. The van der Waals surface area contributed by atoms with Gasteiger partial charge in [0.25, 0.3) is 0 Å². The highest BCUT2D eigenvalue weighted by molar-refractivity contribution is 6.05. The summed E-state index contributed by atoms with van der Waals surface area (Å²) in [5.41, 5.74) is 5.12. The van der Waals surface area contributed by atoms with Crippen molar-refractivity contribution in [1.29, 1.82) is 0 Å². The Morgan fingerprint density at radius 1 is 1.16 bits per heavy atom. The first-order valence-electron chi connectivity index (χ1n) is 10.8. The molecule has 0 N–H and O–H groups in total. The summed E-state index contributed by atoms with van der Waals surface area (Å²) in [6.07, 6.45) is 7.91. The standard InChI is InChI=1S/C25H26FN5O/c1-17-15-29(16-27-17)23-11-6-19(14-24(23)32-3)13-20-5-4-12-30-25(20)28-18(2)31(30)22-9-7-21(26)8-10-22/h6-11,13-16,18H,4-5,12H2,1-3H3. The summed E-state index contributed by atoms with van der Waals surface area (Å²) >= 11 is 0. The molecule has 2 aliphatic rings. The zero-order chi connectivity index (χ0) is 22.2. The maximum absolute atomic E-state index is 13.4. The molecule has 0 bridgehead atoms. The number of aryl methyl sites for hydroxylation is 1. The van der Waals surface area contributed by atoms with Crippen LogP contribution in [-0.4, -0.2) is 40.2 Å². The largest absolute Gasteiger partial charge is 0.495 e. The van der Waals surface area contributed by atoms with Crippen molar-refractivity contribution in [3.05, 3.63) is 77.6 Å². The minimum absolute atomic E-state index is 0.0432. The highest BCUT2D eigenvalue weighted by Crippen LogP contribution is 2.33. The van der Waals surface area contributed by atoms with Crippen LogP contribution in [0, 0.1) is 12.7 Å². The van der Waals surface area contributed by atoms with E-state index in [9.17, 15) is 4.39 Å². The lowest BCUT2D eigenvalue weighted by molar-refractivity contribution is 0.365. The van der Waals surface area contributed by atoms with Gasteiger partial charge in [0.05, 0.1) is 30.5 Å². The second kappa shape index (κ2) is 8.15. The number of aliphatic imine (C=N–C) groups is 1. The monoisotopic (exact) mass is 431 g/mol. The Morgan fingerprint density at radius 2 is 1.97 bits per heavy atom. The molecule has 1 fully saturated rings. The van der Waals surface area contributed by atoms with Crippen LogP contribution in [0.5, 0.6) is 5.75 Å². The van der Waals surface area contributed by atoms with Crippen LogP contribution >= 0.6 is 0 Å². The van der Waals surface area contributed by atoms with Crippen molar-refractivity contribution in [2.24, 2.45) is 4.99 Å². The molecule has 3 heterocycles. The molecule has 0 amide bonds.